The molecule has 5 rings (SSSR count). The second-order valence-electron chi connectivity index (χ2n) is 10.3. The van der Waals surface area contributed by atoms with E-state index in [4.69, 9.17) is 26.4 Å². The van der Waals surface area contributed by atoms with Gasteiger partial charge in [-0.25, -0.2) is 15.0 Å². The Bertz CT molecular complexity index is 1240. The molecule has 3 aromatic heterocycles. The van der Waals surface area contributed by atoms with Crippen LogP contribution < -0.4 is 0 Å². The zero-order chi connectivity index (χ0) is 29.3. The normalized spacial score (nSPS) is 19.1. The number of carbonyl (C=O) groups excluding carboxylic acids is 2. The first-order valence-electron chi connectivity index (χ1n) is 13.7. The molecule has 2 aliphatic carbocycles. The molecule has 2 atom stereocenters. The number of methoxy groups -OCH3 is 2. The third kappa shape index (κ3) is 6.85. The fourth-order valence-electron chi connectivity index (χ4n) is 5.83. The summed E-state index contributed by atoms with van der Waals surface area (Å²) in [5, 5.41) is 15.7. The fraction of sp³-hybridized carbons (Fsp3) is 0.571. The van der Waals surface area contributed by atoms with Crippen molar-refractivity contribution >= 4 is 52.0 Å². The summed E-state index contributed by atoms with van der Waals surface area (Å²) in [7, 11) is 2.80. The monoisotopic (exact) mass is 620 g/mol. The summed E-state index contributed by atoms with van der Waals surface area (Å²) in [5.74, 6) is -0.560. The van der Waals surface area contributed by atoms with Gasteiger partial charge in [-0.15, -0.1) is 22.7 Å². The Balaban J connectivity index is 0.000000201. The molecule has 0 aromatic carbocycles. The van der Waals surface area contributed by atoms with Crippen LogP contribution in [0.3, 0.4) is 0 Å². The molecular formula is C28H36N4O6S3. The molecule has 1 N–H and O–H groups in total. The van der Waals surface area contributed by atoms with Gasteiger partial charge in [-0.1, -0.05) is 38.5 Å². The Morgan fingerprint density at radius 3 is 1.90 bits per heavy atom. The zero-order valence-electron chi connectivity index (χ0n) is 23.3. The standard InChI is InChI=1S/C16H19N3O3S2.C12H17NO3S/c1-21-14(20)16(5-3-2-4-6-16)12(13-18-8-10-24-13)22-15(23)19-9-7-17-11-19;1-16-11(15)12(5-3-2-4-6-12)9(14)10-13-7-8-17-10/h7-12H,2-6H2,1H3;7-9,14H,2-6H2,1H3. The van der Waals surface area contributed by atoms with Crippen LogP contribution in [0.2, 0.25) is 0 Å². The lowest BCUT2D eigenvalue weighted by atomic mass is 9.70. The van der Waals surface area contributed by atoms with Crippen LogP contribution >= 0.6 is 34.9 Å². The van der Waals surface area contributed by atoms with E-state index in [-0.39, 0.29) is 17.1 Å². The van der Waals surface area contributed by atoms with Gasteiger partial charge in [0.05, 0.1) is 14.2 Å². The number of aromatic nitrogens is 4. The Morgan fingerprint density at radius 1 is 0.878 bits per heavy atom. The highest BCUT2D eigenvalue weighted by Crippen LogP contribution is 2.50. The predicted octanol–water partition coefficient (Wildman–Crippen LogP) is 5.65. The van der Waals surface area contributed by atoms with Crippen molar-refractivity contribution in [2.75, 3.05) is 14.2 Å². The number of hydrogen-bond donors (Lipinski definition) is 1. The third-order valence-corrected chi connectivity index (χ3v) is 9.95. The van der Waals surface area contributed by atoms with Crippen LogP contribution in [0.5, 0.6) is 0 Å². The molecule has 0 bridgehead atoms. The van der Waals surface area contributed by atoms with Gasteiger partial charge in [0.15, 0.2) is 6.10 Å². The van der Waals surface area contributed by atoms with Crippen molar-refractivity contribution < 1.29 is 28.9 Å². The van der Waals surface area contributed by atoms with Gasteiger partial charge in [0, 0.05) is 35.5 Å². The van der Waals surface area contributed by atoms with Crippen molar-refractivity contribution in [1.82, 2.24) is 19.5 Å². The van der Waals surface area contributed by atoms with E-state index in [2.05, 4.69) is 15.0 Å². The number of imidazole rings is 1. The Hall–Kier alpha value is -2.74. The molecule has 0 aliphatic heterocycles. The number of nitrogens with zero attached hydrogens (tertiary/aromatic N) is 4. The molecule has 0 radical (unpaired) electrons. The maximum atomic E-state index is 12.7. The molecule has 0 amide bonds. The van der Waals surface area contributed by atoms with Gasteiger partial charge in [0.1, 0.15) is 33.3 Å². The fourth-order valence-corrected chi connectivity index (χ4v) is 7.55. The van der Waals surface area contributed by atoms with Crippen molar-refractivity contribution in [3.63, 3.8) is 0 Å². The smallest absolute Gasteiger partial charge is 0.316 e. The highest BCUT2D eigenvalue weighted by atomic mass is 32.1. The van der Waals surface area contributed by atoms with E-state index in [1.54, 1.807) is 35.7 Å². The number of aliphatic hydroxyl groups is 1. The van der Waals surface area contributed by atoms with Crippen molar-refractivity contribution in [2.24, 2.45) is 10.8 Å². The first-order chi connectivity index (χ1) is 19.9. The molecule has 3 heterocycles. The summed E-state index contributed by atoms with van der Waals surface area (Å²) in [6.45, 7) is 0. The molecule has 3 aromatic rings. The zero-order valence-corrected chi connectivity index (χ0v) is 25.7. The molecule has 2 aliphatic rings. The van der Waals surface area contributed by atoms with Crippen molar-refractivity contribution in [2.45, 2.75) is 76.4 Å². The van der Waals surface area contributed by atoms with Gasteiger partial charge < -0.3 is 19.3 Å². The second-order valence-corrected chi connectivity index (χ2v) is 12.5. The Kier molecular flexibility index (Phi) is 11.0. The van der Waals surface area contributed by atoms with Crippen molar-refractivity contribution in [3.8, 4) is 0 Å². The first kappa shape index (κ1) is 31.2. The van der Waals surface area contributed by atoms with E-state index in [0.717, 1.165) is 43.5 Å². The number of aliphatic hydroxyl groups excluding tert-OH is 1. The minimum atomic E-state index is -0.838. The van der Waals surface area contributed by atoms with E-state index in [1.165, 1.54) is 36.9 Å². The van der Waals surface area contributed by atoms with Crippen LogP contribution in [-0.2, 0) is 23.8 Å². The van der Waals surface area contributed by atoms with E-state index in [1.807, 2.05) is 10.8 Å². The lowest BCUT2D eigenvalue weighted by Crippen LogP contribution is -2.42. The Morgan fingerprint density at radius 2 is 1.41 bits per heavy atom. The molecule has 0 spiro atoms. The molecule has 222 valence electrons. The molecule has 2 fully saturated rings. The number of esters is 2. The van der Waals surface area contributed by atoms with Gasteiger partial charge in [0.2, 0.25) is 0 Å². The van der Waals surface area contributed by atoms with Gasteiger partial charge in [-0.2, -0.15) is 0 Å². The highest BCUT2D eigenvalue weighted by molar-refractivity contribution is 7.80. The van der Waals surface area contributed by atoms with E-state index >= 15 is 0 Å². The molecule has 41 heavy (non-hydrogen) atoms. The van der Waals surface area contributed by atoms with Crippen LogP contribution in [0.1, 0.15) is 86.4 Å². The number of thiocarbonyl (C=S) groups is 1. The lowest BCUT2D eigenvalue weighted by molar-refractivity contribution is -0.165. The van der Waals surface area contributed by atoms with Crippen LogP contribution in [0.4, 0.5) is 0 Å². The molecule has 13 heteroatoms. The minimum absolute atomic E-state index is 0.251. The molecule has 2 unspecified atom stereocenters. The summed E-state index contributed by atoms with van der Waals surface area (Å²) in [6.07, 6.45) is 15.7. The second kappa shape index (κ2) is 14.4. The lowest BCUT2D eigenvalue weighted by Gasteiger charge is -2.39. The van der Waals surface area contributed by atoms with Crippen LogP contribution in [0.15, 0.2) is 41.9 Å². The summed E-state index contributed by atoms with van der Waals surface area (Å²) < 4.78 is 17.8. The predicted molar refractivity (Wildman–Crippen MR) is 158 cm³/mol. The highest BCUT2D eigenvalue weighted by Gasteiger charge is 2.51. The SMILES string of the molecule is COC(=O)C1(C(O)c2nccs2)CCCCC1.COC(=O)C1(C(OC(=S)n2ccnc2)c2nccs2)CCCCC1. The molecular weight excluding hydrogens is 585 g/mol. The number of hydrogen-bond acceptors (Lipinski definition) is 12. The number of rotatable bonds is 7. The van der Waals surface area contributed by atoms with Crippen LogP contribution in [-0.4, -0.2) is 56.0 Å². The number of thiazole rings is 2. The average molecular weight is 621 g/mol. The van der Waals surface area contributed by atoms with E-state index in [9.17, 15) is 14.7 Å². The minimum Gasteiger partial charge on any atom is -0.469 e. The quantitative estimate of drug-likeness (QED) is 0.261. The summed E-state index contributed by atoms with van der Waals surface area (Å²) >= 11 is 8.24. The number of ether oxygens (including phenoxy) is 3. The van der Waals surface area contributed by atoms with Gasteiger partial charge in [-0.05, 0) is 37.9 Å². The molecule has 10 nitrogen and oxygen atoms in total. The molecule has 2 saturated carbocycles. The third-order valence-electron chi connectivity index (χ3n) is 8.00. The largest absolute Gasteiger partial charge is 0.469 e. The topological polar surface area (TPSA) is 126 Å². The summed E-state index contributed by atoms with van der Waals surface area (Å²) in [6, 6.07) is 0. The molecule has 0 saturated heterocycles. The number of carbonyl (C=O) groups is 2. The average Bonchev–Trinajstić information content (AvgIpc) is 3.84. The summed E-state index contributed by atoms with van der Waals surface area (Å²) in [5.41, 5.74) is -1.54. The van der Waals surface area contributed by atoms with E-state index in [0.29, 0.717) is 30.7 Å². The van der Waals surface area contributed by atoms with Gasteiger partial charge in [-0.3, -0.25) is 14.2 Å². The Labute approximate surface area is 253 Å². The summed E-state index contributed by atoms with van der Waals surface area (Å²) in [4.78, 5) is 37.2. The van der Waals surface area contributed by atoms with Crippen LogP contribution in [0.25, 0.3) is 0 Å². The van der Waals surface area contributed by atoms with Gasteiger partial charge in [0.25, 0.3) is 5.17 Å². The van der Waals surface area contributed by atoms with Crippen molar-refractivity contribution in [1.29, 1.82) is 0 Å². The maximum Gasteiger partial charge on any atom is 0.316 e. The van der Waals surface area contributed by atoms with Crippen LogP contribution in [0, 0.1) is 10.8 Å². The van der Waals surface area contributed by atoms with Gasteiger partial charge >= 0.3 is 11.9 Å². The first-order valence-corrected chi connectivity index (χ1v) is 15.9. The maximum absolute atomic E-state index is 12.7. The van der Waals surface area contributed by atoms with E-state index < -0.39 is 23.0 Å². The van der Waals surface area contributed by atoms with Crippen molar-refractivity contribution in [3.05, 3.63) is 51.9 Å².